The minimum Gasteiger partial charge on any atom is -0.497 e. The number of imidazole rings is 1. The molecule has 3 aromatic carbocycles. The number of methoxy groups -OCH3 is 1. The van der Waals surface area contributed by atoms with Crippen LogP contribution in [0.4, 0.5) is 11.5 Å². The third kappa shape index (κ3) is 3.33. The number of nitrogens with one attached hydrogen (secondary N) is 1. The summed E-state index contributed by atoms with van der Waals surface area (Å²) in [6.45, 7) is 0. The van der Waals surface area contributed by atoms with Crippen molar-refractivity contribution in [1.29, 1.82) is 0 Å². The van der Waals surface area contributed by atoms with Crippen LogP contribution in [0.5, 0.6) is 5.75 Å². The zero-order valence-electron chi connectivity index (χ0n) is 18.0. The van der Waals surface area contributed by atoms with E-state index in [1.54, 1.807) is 7.11 Å². The molecule has 0 bridgehead atoms. The van der Waals surface area contributed by atoms with Gasteiger partial charge in [0.2, 0.25) is 5.65 Å². The van der Waals surface area contributed by atoms with Gasteiger partial charge in [0.1, 0.15) is 11.4 Å². The summed E-state index contributed by atoms with van der Waals surface area (Å²) in [6.07, 6.45) is 2.11. The Morgan fingerprint density at radius 1 is 0.848 bits per heavy atom. The van der Waals surface area contributed by atoms with Crippen molar-refractivity contribution >= 4 is 49.4 Å². The Kier molecular flexibility index (Phi) is 4.77. The summed E-state index contributed by atoms with van der Waals surface area (Å²) in [5.74, 6) is 1.84. The largest absolute Gasteiger partial charge is 0.497 e. The summed E-state index contributed by atoms with van der Waals surface area (Å²) in [4.78, 5) is 0. The first-order valence-corrected chi connectivity index (χ1v) is 11.6. The van der Waals surface area contributed by atoms with Crippen molar-refractivity contribution in [1.82, 2.24) is 4.40 Å². The topological polar surface area (TPSA) is 29.8 Å². The number of benzene rings is 3. The van der Waals surface area contributed by atoms with Gasteiger partial charge in [-0.2, -0.15) is 0 Å². The van der Waals surface area contributed by atoms with Gasteiger partial charge in [-0.1, -0.05) is 54.6 Å². The Morgan fingerprint density at radius 3 is 2.39 bits per heavy atom. The molecule has 0 spiro atoms. The van der Waals surface area contributed by atoms with Crippen molar-refractivity contribution in [2.45, 2.75) is 0 Å². The van der Waals surface area contributed by atoms with Gasteiger partial charge < -0.3 is 4.74 Å². The second-order valence-corrected chi connectivity index (χ2v) is 8.86. The molecule has 0 saturated carbocycles. The normalized spacial score (nSPS) is 11.3. The monoisotopic (exact) mass is 494 g/mol. The molecular weight excluding hydrogens is 474 g/mol. The fourth-order valence-electron chi connectivity index (χ4n) is 4.46. The Balaban J connectivity index is 1.74. The molecule has 0 fully saturated rings. The smallest absolute Gasteiger partial charge is 0.272 e. The van der Waals surface area contributed by atoms with E-state index in [0.29, 0.717) is 0 Å². The van der Waals surface area contributed by atoms with Crippen LogP contribution in [0.3, 0.4) is 0 Å². The van der Waals surface area contributed by atoms with Crippen molar-refractivity contribution in [2.75, 3.05) is 12.4 Å². The number of aromatic nitrogens is 2. The maximum Gasteiger partial charge on any atom is 0.272 e. The SMILES string of the molecule is COc1ccc(Nc2c3c4ccccc4cc(-c4ccccc4)n3c3ccc(Br)c[n+]23)cc1. The van der Waals surface area contributed by atoms with E-state index in [1.165, 1.54) is 16.3 Å². The maximum atomic E-state index is 5.34. The Labute approximate surface area is 199 Å². The van der Waals surface area contributed by atoms with Gasteiger partial charge in [-0.15, -0.1) is 0 Å². The van der Waals surface area contributed by atoms with Gasteiger partial charge in [-0.05, 0) is 57.7 Å². The number of anilines is 2. The lowest BCUT2D eigenvalue weighted by Gasteiger charge is -2.07. The van der Waals surface area contributed by atoms with Crippen LogP contribution in [0.2, 0.25) is 0 Å². The standard InChI is InChI=1S/C28H21BrN3O/c1-33-23-14-12-22(13-15-23)30-28-27-24-10-6-5-9-20(24)17-25(19-7-3-2-4-8-19)32(27)26-16-11-21(29)18-31(26)28/h2-18,30H,1H3/q+1. The molecule has 0 aliphatic carbocycles. The highest BCUT2D eigenvalue weighted by Gasteiger charge is 2.25. The molecule has 3 aromatic heterocycles. The fraction of sp³-hybridized carbons (Fsp3) is 0.0357. The predicted octanol–water partition coefficient (Wildman–Crippen LogP) is 7.01. The molecule has 0 amide bonds. The third-order valence-electron chi connectivity index (χ3n) is 5.98. The number of pyridine rings is 2. The molecular formula is C28H21BrN3O+. The molecule has 160 valence electrons. The molecule has 0 unspecified atom stereocenters. The van der Waals surface area contributed by atoms with E-state index in [9.17, 15) is 0 Å². The van der Waals surface area contributed by atoms with E-state index in [4.69, 9.17) is 4.74 Å². The van der Waals surface area contributed by atoms with Gasteiger partial charge in [0.15, 0.2) is 5.52 Å². The number of halogens is 1. The fourth-order valence-corrected chi connectivity index (χ4v) is 4.79. The summed E-state index contributed by atoms with van der Waals surface area (Å²) in [7, 11) is 1.68. The Morgan fingerprint density at radius 2 is 1.61 bits per heavy atom. The lowest BCUT2D eigenvalue weighted by molar-refractivity contribution is -0.494. The van der Waals surface area contributed by atoms with Gasteiger partial charge in [0.05, 0.1) is 19.0 Å². The second-order valence-electron chi connectivity index (χ2n) is 7.94. The van der Waals surface area contributed by atoms with Crippen LogP contribution in [-0.4, -0.2) is 11.5 Å². The first-order valence-electron chi connectivity index (χ1n) is 10.8. The molecule has 0 aliphatic heterocycles. The van der Waals surface area contributed by atoms with Crippen LogP contribution in [0.15, 0.2) is 108 Å². The summed E-state index contributed by atoms with van der Waals surface area (Å²) in [5, 5.41) is 6.07. The molecule has 6 aromatic rings. The zero-order valence-corrected chi connectivity index (χ0v) is 19.6. The molecule has 3 heterocycles. The summed E-state index contributed by atoms with van der Waals surface area (Å²) in [5.41, 5.74) is 5.51. The number of fused-ring (bicyclic) bond motifs is 5. The van der Waals surface area contributed by atoms with E-state index in [-0.39, 0.29) is 0 Å². The number of hydrogen-bond donors (Lipinski definition) is 1. The van der Waals surface area contributed by atoms with E-state index in [0.717, 1.165) is 38.6 Å². The molecule has 33 heavy (non-hydrogen) atoms. The summed E-state index contributed by atoms with van der Waals surface area (Å²) >= 11 is 3.67. The van der Waals surface area contributed by atoms with Crippen LogP contribution in [-0.2, 0) is 0 Å². The Bertz CT molecular complexity index is 1620. The molecule has 4 nitrogen and oxygen atoms in total. The highest BCUT2D eigenvalue weighted by molar-refractivity contribution is 9.10. The molecule has 5 heteroatoms. The van der Waals surface area contributed by atoms with E-state index >= 15 is 0 Å². The second kappa shape index (κ2) is 7.94. The molecule has 0 aliphatic rings. The van der Waals surface area contributed by atoms with Gasteiger partial charge in [-0.3, -0.25) is 5.32 Å². The van der Waals surface area contributed by atoms with Crippen molar-refractivity contribution in [3.63, 3.8) is 0 Å². The highest BCUT2D eigenvalue weighted by atomic mass is 79.9. The van der Waals surface area contributed by atoms with Crippen molar-refractivity contribution in [3.8, 4) is 17.0 Å². The average Bonchev–Trinajstić information content (AvgIpc) is 3.18. The quantitative estimate of drug-likeness (QED) is 0.267. The average molecular weight is 495 g/mol. The number of rotatable bonds is 4. The van der Waals surface area contributed by atoms with Gasteiger partial charge in [0, 0.05) is 21.5 Å². The predicted molar refractivity (Wildman–Crippen MR) is 137 cm³/mol. The third-order valence-corrected chi connectivity index (χ3v) is 6.45. The van der Waals surface area contributed by atoms with E-state index in [1.807, 2.05) is 24.3 Å². The molecule has 6 rings (SSSR count). The number of hydrogen-bond acceptors (Lipinski definition) is 2. The van der Waals surface area contributed by atoms with Crippen LogP contribution in [0.25, 0.3) is 33.2 Å². The highest BCUT2D eigenvalue weighted by Crippen LogP contribution is 2.35. The summed E-state index contributed by atoms with van der Waals surface area (Å²) < 4.78 is 10.9. The van der Waals surface area contributed by atoms with Crippen molar-refractivity contribution < 1.29 is 9.14 Å². The van der Waals surface area contributed by atoms with Crippen LogP contribution in [0.1, 0.15) is 0 Å². The first kappa shape index (κ1) is 19.8. The van der Waals surface area contributed by atoms with Crippen LogP contribution in [0, 0.1) is 0 Å². The van der Waals surface area contributed by atoms with Crippen LogP contribution < -0.4 is 14.5 Å². The van der Waals surface area contributed by atoms with Gasteiger partial charge in [0.25, 0.3) is 5.82 Å². The first-order chi connectivity index (χ1) is 16.2. The molecule has 0 saturated heterocycles. The molecule has 0 atom stereocenters. The van der Waals surface area contributed by atoms with Gasteiger partial charge in [-0.25, -0.2) is 8.80 Å². The summed E-state index contributed by atoms with van der Waals surface area (Å²) in [6, 6.07) is 33.6. The van der Waals surface area contributed by atoms with Crippen LogP contribution >= 0.6 is 15.9 Å². The van der Waals surface area contributed by atoms with Crippen molar-refractivity contribution in [3.05, 3.63) is 108 Å². The minimum absolute atomic E-state index is 0.833. The number of ether oxygens (including phenoxy) is 1. The van der Waals surface area contributed by atoms with Crippen molar-refractivity contribution in [2.24, 2.45) is 0 Å². The Hall–Kier alpha value is -3.83. The minimum atomic E-state index is 0.833. The lowest BCUT2D eigenvalue weighted by Crippen LogP contribution is -2.22. The lowest BCUT2D eigenvalue weighted by atomic mass is 10.1. The zero-order chi connectivity index (χ0) is 22.4. The van der Waals surface area contributed by atoms with E-state index in [2.05, 4.69) is 109 Å². The maximum absolute atomic E-state index is 5.34. The number of nitrogens with zero attached hydrogens (tertiary/aromatic N) is 2. The molecule has 1 N–H and O–H groups in total. The molecule has 0 radical (unpaired) electrons. The van der Waals surface area contributed by atoms with Gasteiger partial charge >= 0.3 is 0 Å². The van der Waals surface area contributed by atoms with E-state index < -0.39 is 0 Å².